The second-order valence-electron chi connectivity index (χ2n) is 6.96. The SMILES string of the molecule is CC(=O)c1c(C)cc(C)c(CS(=O)(=O)Cc2nc(-c3ccccc3)no2)c1C. The molecule has 0 aliphatic carbocycles. The minimum atomic E-state index is -3.56. The number of nitrogens with zero attached hydrogens (tertiary/aromatic N) is 2. The summed E-state index contributed by atoms with van der Waals surface area (Å²) in [6, 6.07) is 11.1. The van der Waals surface area contributed by atoms with Crippen LogP contribution < -0.4 is 0 Å². The van der Waals surface area contributed by atoms with Gasteiger partial charge in [0.2, 0.25) is 11.7 Å². The highest BCUT2D eigenvalue weighted by molar-refractivity contribution is 7.89. The number of carbonyl (C=O) groups excluding carboxylic acids is 1. The molecule has 28 heavy (non-hydrogen) atoms. The van der Waals surface area contributed by atoms with Gasteiger partial charge in [0.25, 0.3) is 0 Å². The van der Waals surface area contributed by atoms with Crippen LogP contribution >= 0.6 is 0 Å². The number of hydrogen-bond donors (Lipinski definition) is 0. The Kier molecular flexibility index (Phi) is 5.47. The molecular weight excluding hydrogens is 376 g/mol. The van der Waals surface area contributed by atoms with E-state index in [1.54, 1.807) is 6.92 Å². The molecule has 0 radical (unpaired) electrons. The Morgan fingerprint density at radius 1 is 1.04 bits per heavy atom. The largest absolute Gasteiger partial charge is 0.338 e. The van der Waals surface area contributed by atoms with E-state index < -0.39 is 9.84 Å². The van der Waals surface area contributed by atoms with Gasteiger partial charge in [0.15, 0.2) is 15.6 Å². The first-order valence-corrected chi connectivity index (χ1v) is 10.7. The Balaban J connectivity index is 1.87. The molecule has 3 aromatic rings. The first-order chi connectivity index (χ1) is 13.2. The number of hydrogen-bond acceptors (Lipinski definition) is 6. The number of aryl methyl sites for hydroxylation is 2. The lowest BCUT2D eigenvalue weighted by atomic mass is 9.92. The molecule has 0 saturated carbocycles. The van der Waals surface area contributed by atoms with Gasteiger partial charge in [-0.15, -0.1) is 0 Å². The summed E-state index contributed by atoms with van der Waals surface area (Å²) in [4.78, 5) is 16.2. The van der Waals surface area contributed by atoms with E-state index in [2.05, 4.69) is 10.1 Å². The number of sulfone groups is 1. The average Bonchev–Trinajstić information content (AvgIpc) is 3.06. The number of benzene rings is 2. The maximum atomic E-state index is 12.8. The summed E-state index contributed by atoms with van der Waals surface area (Å²) in [5.74, 6) is -0.206. The van der Waals surface area contributed by atoms with Gasteiger partial charge in [0.05, 0.1) is 5.75 Å². The highest BCUT2D eigenvalue weighted by Crippen LogP contribution is 2.26. The van der Waals surface area contributed by atoms with Crippen LogP contribution in [0.15, 0.2) is 40.9 Å². The molecule has 0 aliphatic rings. The normalized spacial score (nSPS) is 11.6. The number of carbonyl (C=O) groups is 1. The van der Waals surface area contributed by atoms with Crippen molar-refractivity contribution in [2.45, 2.75) is 39.2 Å². The molecule has 0 aliphatic heterocycles. The van der Waals surface area contributed by atoms with Crippen molar-refractivity contribution in [1.29, 1.82) is 0 Å². The van der Waals surface area contributed by atoms with Gasteiger partial charge in [-0.05, 0) is 49.9 Å². The van der Waals surface area contributed by atoms with Crippen molar-refractivity contribution < 1.29 is 17.7 Å². The molecule has 0 unspecified atom stereocenters. The van der Waals surface area contributed by atoms with Crippen LogP contribution in [0.25, 0.3) is 11.4 Å². The third-order valence-corrected chi connectivity index (χ3v) is 6.11. The van der Waals surface area contributed by atoms with Crippen LogP contribution in [0.3, 0.4) is 0 Å². The summed E-state index contributed by atoms with van der Waals surface area (Å²) in [5, 5.41) is 3.87. The molecule has 0 N–H and O–H groups in total. The molecular formula is C21H22N2O4S. The predicted molar refractivity (Wildman–Crippen MR) is 107 cm³/mol. The van der Waals surface area contributed by atoms with Gasteiger partial charge in [-0.1, -0.05) is 41.6 Å². The van der Waals surface area contributed by atoms with Crippen LogP contribution in [-0.4, -0.2) is 24.3 Å². The maximum Gasteiger partial charge on any atom is 0.242 e. The minimum Gasteiger partial charge on any atom is -0.338 e. The Hall–Kier alpha value is -2.80. The van der Waals surface area contributed by atoms with Gasteiger partial charge in [-0.25, -0.2) is 8.42 Å². The van der Waals surface area contributed by atoms with Crippen LogP contribution in [0.1, 0.15) is 45.4 Å². The fourth-order valence-electron chi connectivity index (χ4n) is 3.47. The molecule has 7 heteroatoms. The predicted octanol–water partition coefficient (Wildman–Crippen LogP) is 3.98. The summed E-state index contributed by atoms with van der Waals surface area (Å²) in [6.07, 6.45) is 0. The van der Waals surface area contributed by atoms with Crippen LogP contribution in [0, 0.1) is 20.8 Å². The van der Waals surface area contributed by atoms with E-state index >= 15 is 0 Å². The zero-order chi connectivity index (χ0) is 20.5. The Bertz CT molecular complexity index is 1130. The average molecular weight is 398 g/mol. The smallest absolute Gasteiger partial charge is 0.242 e. The molecule has 0 fully saturated rings. The zero-order valence-corrected chi connectivity index (χ0v) is 17.1. The molecule has 3 rings (SSSR count). The molecule has 2 aromatic carbocycles. The van der Waals surface area contributed by atoms with E-state index in [1.807, 2.05) is 50.2 Å². The summed E-state index contributed by atoms with van der Waals surface area (Å²) in [6.45, 7) is 7.00. The second kappa shape index (κ2) is 7.67. The minimum absolute atomic E-state index is 0.0491. The maximum absolute atomic E-state index is 12.8. The number of Topliss-reactive ketones (excluding diaryl/α,β-unsaturated/α-hetero) is 1. The van der Waals surface area contributed by atoms with Crippen LogP contribution in [0.2, 0.25) is 0 Å². The lowest BCUT2D eigenvalue weighted by molar-refractivity contribution is 0.101. The zero-order valence-electron chi connectivity index (χ0n) is 16.3. The third kappa shape index (κ3) is 4.20. The van der Waals surface area contributed by atoms with Crippen molar-refractivity contribution >= 4 is 15.6 Å². The quantitative estimate of drug-likeness (QED) is 0.584. The number of ketones is 1. The van der Waals surface area contributed by atoms with Gasteiger partial charge in [-0.3, -0.25) is 4.79 Å². The molecule has 0 atom stereocenters. The molecule has 1 heterocycles. The van der Waals surface area contributed by atoms with Crippen molar-refractivity contribution in [2.75, 3.05) is 0 Å². The third-order valence-electron chi connectivity index (χ3n) is 4.69. The van der Waals surface area contributed by atoms with Crippen molar-refractivity contribution in [3.05, 3.63) is 70.1 Å². The lowest BCUT2D eigenvalue weighted by Crippen LogP contribution is -2.13. The van der Waals surface area contributed by atoms with Gasteiger partial charge >= 0.3 is 0 Å². The summed E-state index contributed by atoms with van der Waals surface area (Å²) in [7, 11) is -3.56. The highest BCUT2D eigenvalue weighted by atomic mass is 32.2. The van der Waals surface area contributed by atoms with E-state index in [0.29, 0.717) is 22.5 Å². The number of rotatable bonds is 6. The first kappa shape index (κ1) is 19.9. The van der Waals surface area contributed by atoms with E-state index in [9.17, 15) is 13.2 Å². The summed E-state index contributed by atoms with van der Waals surface area (Å²) in [5.41, 5.74) is 4.40. The van der Waals surface area contributed by atoms with Gasteiger partial charge < -0.3 is 4.52 Å². The van der Waals surface area contributed by atoms with Crippen molar-refractivity contribution in [1.82, 2.24) is 10.1 Å². The molecule has 1 aromatic heterocycles. The van der Waals surface area contributed by atoms with Crippen molar-refractivity contribution in [2.24, 2.45) is 0 Å². The first-order valence-electron chi connectivity index (χ1n) is 8.87. The fourth-order valence-corrected chi connectivity index (χ4v) is 4.95. The molecule has 0 spiro atoms. The number of aromatic nitrogens is 2. The molecule has 6 nitrogen and oxygen atoms in total. The van der Waals surface area contributed by atoms with Crippen LogP contribution in [-0.2, 0) is 21.3 Å². The van der Waals surface area contributed by atoms with E-state index in [4.69, 9.17) is 4.52 Å². The topological polar surface area (TPSA) is 90.1 Å². The highest BCUT2D eigenvalue weighted by Gasteiger charge is 2.23. The Morgan fingerprint density at radius 2 is 1.71 bits per heavy atom. The molecule has 0 saturated heterocycles. The fraction of sp³-hybridized carbons (Fsp3) is 0.286. The molecule has 0 bridgehead atoms. The van der Waals surface area contributed by atoms with Gasteiger partial charge in [0.1, 0.15) is 5.75 Å². The van der Waals surface area contributed by atoms with Crippen molar-refractivity contribution in [3.8, 4) is 11.4 Å². The van der Waals surface area contributed by atoms with Crippen LogP contribution in [0.4, 0.5) is 0 Å². The van der Waals surface area contributed by atoms with Crippen molar-refractivity contribution in [3.63, 3.8) is 0 Å². The van der Waals surface area contributed by atoms with Gasteiger partial charge in [0, 0.05) is 11.1 Å². The summed E-state index contributed by atoms with van der Waals surface area (Å²) < 4.78 is 30.7. The Morgan fingerprint density at radius 3 is 2.36 bits per heavy atom. The Labute approximate surface area is 164 Å². The molecule has 0 amide bonds. The van der Waals surface area contributed by atoms with Crippen LogP contribution in [0.5, 0.6) is 0 Å². The second-order valence-corrected chi connectivity index (χ2v) is 9.02. The lowest BCUT2D eigenvalue weighted by Gasteiger charge is -2.15. The van der Waals surface area contributed by atoms with Gasteiger partial charge in [-0.2, -0.15) is 4.98 Å². The monoisotopic (exact) mass is 398 g/mol. The molecule has 146 valence electrons. The van der Waals surface area contributed by atoms with E-state index in [1.165, 1.54) is 6.92 Å². The van der Waals surface area contributed by atoms with E-state index in [-0.39, 0.29) is 23.2 Å². The van der Waals surface area contributed by atoms with E-state index in [0.717, 1.165) is 16.7 Å². The summed E-state index contributed by atoms with van der Waals surface area (Å²) >= 11 is 0. The standard InChI is InChI=1S/C21H22N2O4S/c1-13-10-14(2)20(16(4)24)15(3)18(13)11-28(25,26)12-19-22-21(23-27-19)17-8-6-5-7-9-17/h5-10H,11-12H2,1-4H3.